The molecule has 0 aliphatic heterocycles. The van der Waals surface area contributed by atoms with E-state index in [1.54, 1.807) is 0 Å². The number of carbonyl (C=O) groups is 2. The van der Waals surface area contributed by atoms with E-state index in [1.807, 2.05) is 0 Å². The minimum Gasteiger partial charge on any atom is -0.478 e. The largest absolute Gasteiger partial charge is 0.478 e. The first-order valence-corrected chi connectivity index (χ1v) is 6.35. The van der Waals surface area contributed by atoms with E-state index < -0.39 is 28.9 Å². The smallest absolute Gasteiger partial charge is 0.337 e. The van der Waals surface area contributed by atoms with Crippen LogP contribution in [-0.2, 0) is 11.3 Å². The van der Waals surface area contributed by atoms with Gasteiger partial charge in [0.05, 0.1) is 10.5 Å². The number of aromatic carboxylic acids is 1. The number of para-hydroxylation sites is 2. The molecule has 23 heavy (non-hydrogen) atoms. The van der Waals surface area contributed by atoms with E-state index in [0.29, 0.717) is 0 Å². The summed E-state index contributed by atoms with van der Waals surface area (Å²) in [6, 6.07) is 7.70. The van der Waals surface area contributed by atoms with Gasteiger partial charge in [-0.2, -0.15) is 0 Å². The van der Waals surface area contributed by atoms with Crippen LogP contribution in [0.15, 0.2) is 47.4 Å². The van der Waals surface area contributed by atoms with E-state index >= 15 is 0 Å². The van der Waals surface area contributed by atoms with Gasteiger partial charge in [0.15, 0.2) is 0 Å². The number of nitro groups is 1. The molecule has 0 aliphatic rings. The predicted molar refractivity (Wildman–Crippen MR) is 79.4 cm³/mol. The van der Waals surface area contributed by atoms with E-state index in [-0.39, 0.29) is 16.9 Å². The molecule has 0 atom stereocenters. The van der Waals surface area contributed by atoms with Crippen molar-refractivity contribution >= 4 is 23.3 Å². The highest BCUT2D eigenvalue weighted by molar-refractivity contribution is 5.93. The Hall–Kier alpha value is -3.49. The number of hydrogen-bond acceptors (Lipinski definition) is 5. The first-order valence-electron chi connectivity index (χ1n) is 6.35. The molecular formula is C14H11N3O6. The molecule has 0 saturated carbocycles. The Kier molecular flexibility index (Phi) is 4.50. The normalized spacial score (nSPS) is 10.1. The number of carbonyl (C=O) groups excluding carboxylic acids is 1. The third-order valence-electron chi connectivity index (χ3n) is 2.92. The number of amides is 1. The van der Waals surface area contributed by atoms with Crippen molar-refractivity contribution in [1.82, 2.24) is 4.57 Å². The monoisotopic (exact) mass is 317 g/mol. The van der Waals surface area contributed by atoms with Crippen molar-refractivity contribution in [3.8, 4) is 0 Å². The Morgan fingerprint density at radius 1 is 1.22 bits per heavy atom. The Morgan fingerprint density at radius 3 is 2.57 bits per heavy atom. The molecule has 0 saturated heterocycles. The number of nitrogens with zero attached hydrogens (tertiary/aromatic N) is 2. The molecule has 118 valence electrons. The fraction of sp³-hybridized carbons (Fsp3) is 0.0714. The van der Waals surface area contributed by atoms with Gasteiger partial charge in [-0.3, -0.25) is 19.7 Å². The van der Waals surface area contributed by atoms with Gasteiger partial charge in [-0.05, 0) is 12.1 Å². The van der Waals surface area contributed by atoms with Crippen molar-refractivity contribution in [3.63, 3.8) is 0 Å². The van der Waals surface area contributed by atoms with Gasteiger partial charge < -0.3 is 15.0 Å². The van der Waals surface area contributed by atoms with Gasteiger partial charge in [-0.25, -0.2) is 4.79 Å². The molecule has 1 heterocycles. The number of hydrogen-bond donors (Lipinski definition) is 2. The minimum atomic E-state index is -1.24. The lowest BCUT2D eigenvalue weighted by atomic mass is 10.2. The highest BCUT2D eigenvalue weighted by atomic mass is 16.6. The van der Waals surface area contributed by atoms with E-state index in [2.05, 4.69) is 5.32 Å². The molecule has 0 bridgehead atoms. The number of pyridine rings is 1. The molecule has 9 nitrogen and oxygen atoms in total. The molecular weight excluding hydrogens is 306 g/mol. The van der Waals surface area contributed by atoms with Crippen molar-refractivity contribution in [1.29, 1.82) is 0 Å². The van der Waals surface area contributed by atoms with E-state index in [1.165, 1.54) is 24.3 Å². The average Bonchev–Trinajstić information content (AvgIpc) is 2.49. The maximum absolute atomic E-state index is 11.9. The summed E-state index contributed by atoms with van der Waals surface area (Å²) in [7, 11) is 0. The fourth-order valence-corrected chi connectivity index (χ4v) is 1.86. The molecule has 0 unspecified atom stereocenters. The number of nitrogens with one attached hydrogen (secondary N) is 1. The van der Waals surface area contributed by atoms with Crippen molar-refractivity contribution in [3.05, 3.63) is 68.6 Å². The van der Waals surface area contributed by atoms with Crippen LogP contribution in [0, 0.1) is 10.1 Å². The second-order valence-corrected chi connectivity index (χ2v) is 4.51. The van der Waals surface area contributed by atoms with Crippen LogP contribution in [0.4, 0.5) is 11.4 Å². The Bertz CT molecular complexity index is 842. The summed E-state index contributed by atoms with van der Waals surface area (Å²) in [6.07, 6.45) is 1.03. The maximum atomic E-state index is 11.9. The first kappa shape index (κ1) is 15.9. The molecule has 0 spiro atoms. The van der Waals surface area contributed by atoms with E-state index in [0.717, 1.165) is 22.9 Å². The molecule has 1 aromatic heterocycles. The number of carboxylic acid groups (broad SMARTS) is 1. The van der Waals surface area contributed by atoms with Crippen LogP contribution >= 0.6 is 0 Å². The van der Waals surface area contributed by atoms with Crippen molar-refractivity contribution in [2.24, 2.45) is 0 Å². The fourth-order valence-electron chi connectivity index (χ4n) is 1.86. The second kappa shape index (κ2) is 6.52. The van der Waals surface area contributed by atoms with Crippen LogP contribution in [0.1, 0.15) is 10.4 Å². The van der Waals surface area contributed by atoms with Crippen LogP contribution in [0.25, 0.3) is 0 Å². The lowest BCUT2D eigenvalue weighted by molar-refractivity contribution is -0.383. The summed E-state index contributed by atoms with van der Waals surface area (Å²) in [6.45, 7) is -0.466. The van der Waals surface area contributed by atoms with Crippen molar-refractivity contribution < 1.29 is 19.6 Å². The van der Waals surface area contributed by atoms with Crippen LogP contribution in [0.5, 0.6) is 0 Å². The van der Waals surface area contributed by atoms with Crippen LogP contribution in [0.2, 0.25) is 0 Å². The molecule has 1 amide bonds. The summed E-state index contributed by atoms with van der Waals surface area (Å²) in [5.74, 6) is -1.93. The van der Waals surface area contributed by atoms with Crippen LogP contribution in [-0.4, -0.2) is 26.5 Å². The lowest BCUT2D eigenvalue weighted by Gasteiger charge is -2.08. The third-order valence-corrected chi connectivity index (χ3v) is 2.92. The van der Waals surface area contributed by atoms with Gasteiger partial charge in [0.2, 0.25) is 5.91 Å². The Balaban J connectivity index is 2.21. The maximum Gasteiger partial charge on any atom is 0.337 e. The molecule has 1 aromatic carbocycles. The predicted octanol–water partition coefficient (Wildman–Crippen LogP) is 1.09. The number of aromatic nitrogens is 1. The quantitative estimate of drug-likeness (QED) is 0.627. The second-order valence-electron chi connectivity index (χ2n) is 4.51. The number of anilines is 1. The number of benzene rings is 1. The standard InChI is InChI=1S/C14H11N3O6/c18-12(15-10-3-1-2-4-11(10)17(22)23)8-16-7-9(14(20)21)5-6-13(16)19/h1-7H,8H2,(H,15,18)(H,20,21). The molecule has 0 radical (unpaired) electrons. The van der Waals surface area contributed by atoms with Gasteiger partial charge >= 0.3 is 5.97 Å². The lowest BCUT2D eigenvalue weighted by Crippen LogP contribution is -2.27. The zero-order valence-corrected chi connectivity index (χ0v) is 11.6. The zero-order valence-electron chi connectivity index (χ0n) is 11.6. The Labute approximate surface area is 128 Å². The molecule has 9 heteroatoms. The van der Waals surface area contributed by atoms with E-state index in [4.69, 9.17) is 5.11 Å². The average molecular weight is 317 g/mol. The minimum absolute atomic E-state index is 0.00932. The highest BCUT2D eigenvalue weighted by Crippen LogP contribution is 2.22. The summed E-state index contributed by atoms with van der Waals surface area (Å²) in [5.41, 5.74) is -1.01. The van der Waals surface area contributed by atoms with Gasteiger partial charge in [-0.1, -0.05) is 12.1 Å². The van der Waals surface area contributed by atoms with Gasteiger partial charge in [0.1, 0.15) is 12.2 Å². The molecule has 0 fully saturated rings. The van der Waals surface area contributed by atoms with E-state index in [9.17, 15) is 24.5 Å². The van der Waals surface area contributed by atoms with Crippen LogP contribution < -0.4 is 10.9 Å². The Morgan fingerprint density at radius 2 is 1.91 bits per heavy atom. The molecule has 0 aliphatic carbocycles. The number of carboxylic acids is 1. The van der Waals surface area contributed by atoms with Crippen molar-refractivity contribution in [2.45, 2.75) is 6.54 Å². The van der Waals surface area contributed by atoms with Gasteiger partial charge in [-0.15, -0.1) is 0 Å². The molecule has 2 rings (SSSR count). The van der Waals surface area contributed by atoms with Gasteiger partial charge in [0, 0.05) is 18.3 Å². The zero-order chi connectivity index (χ0) is 17.0. The van der Waals surface area contributed by atoms with Gasteiger partial charge in [0.25, 0.3) is 11.2 Å². The number of nitro benzene ring substituents is 1. The topological polar surface area (TPSA) is 132 Å². The SMILES string of the molecule is O=C(Cn1cc(C(=O)O)ccc1=O)Nc1ccccc1[N+](=O)[O-]. The summed E-state index contributed by atoms with van der Waals surface area (Å²) < 4.78 is 0.910. The first-order chi connectivity index (χ1) is 10.9. The summed E-state index contributed by atoms with van der Waals surface area (Å²) >= 11 is 0. The number of rotatable bonds is 5. The van der Waals surface area contributed by atoms with Crippen LogP contribution in [0.3, 0.4) is 0 Å². The summed E-state index contributed by atoms with van der Waals surface area (Å²) in [4.78, 5) is 44.7. The van der Waals surface area contributed by atoms with Crippen molar-refractivity contribution in [2.75, 3.05) is 5.32 Å². The highest BCUT2D eigenvalue weighted by Gasteiger charge is 2.15. The molecule has 2 aromatic rings. The molecule has 2 N–H and O–H groups in total. The third kappa shape index (κ3) is 3.79. The summed E-state index contributed by atoms with van der Waals surface area (Å²) in [5, 5.41) is 22.1.